The average molecular weight is 285 g/mol. The minimum absolute atomic E-state index is 0.0107. The number of rotatable bonds is 5. The summed E-state index contributed by atoms with van der Waals surface area (Å²) in [6, 6.07) is 4.32. The molecular formula is C13H17ClN2O3. The largest absolute Gasteiger partial charge is 0.347 e. The fraction of sp³-hybridized carbons (Fsp3) is 0.462. The van der Waals surface area contributed by atoms with E-state index in [2.05, 4.69) is 5.32 Å². The summed E-state index contributed by atoms with van der Waals surface area (Å²) in [6.07, 6.45) is 0.645. The maximum absolute atomic E-state index is 12.0. The van der Waals surface area contributed by atoms with Gasteiger partial charge in [-0.05, 0) is 39.3 Å². The molecule has 0 aliphatic carbocycles. The van der Waals surface area contributed by atoms with Gasteiger partial charge in [-0.15, -0.1) is 11.6 Å². The van der Waals surface area contributed by atoms with Crippen molar-refractivity contribution in [2.75, 3.05) is 5.88 Å². The van der Waals surface area contributed by atoms with Crippen molar-refractivity contribution in [2.24, 2.45) is 0 Å². The number of amides is 1. The summed E-state index contributed by atoms with van der Waals surface area (Å²) in [7, 11) is 0. The summed E-state index contributed by atoms with van der Waals surface area (Å²) in [5, 5.41) is 13.6. The second-order valence-corrected chi connectivity index (χ2v) is 5.41. The Morgan fingerprint density at radius 2 is 2.11 bits per heavy atom. The van der Waals surface area contributed by atoms with Crippen LogP contribution in [-0.4, -0.2) is 22.2 Å². The lowest BCUT2D eigenvalue weighted by Gasteiger charge is -2.25. The average Bonchev–Trinajstić information content (AvgIpc) is 2.27. The van der Waals surface area contributed by atoms with E-state index in [1.807, 2.05) is 13.8 Å². The number of benzene rings is 1. The monoisotopic (exact) mass is 284 g/mol. The van der Waals surface area contributed by atoms with Crippen LogP contribution in [0.25, 0.3) is 0 Å². The fourth-order valence-electron chi connectivity index (χ4n) is 1.68. The quantitative estimate of drug-likeness (QED) is 0.513. The number of aryl methyl sites for hydroxylation is 1. The molecule has 0 fully saturated rings. The van der Waals surface area contributed by atoms with Gasteiger partial charge in [0.25, 0.3) is 11.6 Å². The van der Waals surface area contributed by atoms with Gasteiger partial charge in [-0.2, -0.15) is 0 Å². The Labute approximate surface area is 117 Å². The lowest BCUT2D eigenvalue weighted by molar-refractivity contribution is -0.385. The van der Waals surface area contributed by atoms with Gasteiger partial charge in [0.15, 0.2) is 0 Å². The Bertz CT molecular complexity index is 501. The molecule has 1 N–H and O–H groups in total. The number of carbonyl (C=O) groups excluding carboxylic acids is 1. The third-order valence-corrected chi connectivity index (χ3v) is 3.02. The smallest absolute Gasteiger partial charge is 0.272 e. The molecule has 0 saturated heterocycles. The van der Waals surface area contributed by atoms with E-state index in [9.17, 15) is 14.9 Å². The van der Waals surface area contributed by atoms with E-state index in [0.717, 1.165) is 0 Å². The number of nitrogens with zero attached hydrogens (tertiary/aromatic N) is 1. The Morgan fingerprint density at radius 1 is 1.47 bits per heavy atom. The first-order valence-electron chi connectivity index (χ1n) is 5.90. The summed E-state index contributed by atoms with van der Waals surface area (Å²) in [6.45, 7) is 5.37. The van der Waals surface area contributed by atoms with Crippen molar-refractivity contribution in [1.29, 1.82) is 0 Å². The Balaban J connectivity index is 2.90. The van der Waals surface area contributed by atoms with Gasteiger partial charge in [-0.25, -0.2) is 0 Å². The molecule has 1 aromatic carbocycles. The molecule has 6 heteroatoms. The predicted molar refractivity (Wildman–Crippen MR) is 74.7 cm³/mol. The Hall–Kier alpha value is -1.62. The molecule has 1 aromatic rings. The lowest BCUT2D eigenvalue weighted by Crippen LogP contribution is -2.43. The van der Waals surface area contributed by atoms with E-state index in [1.54, 1.807) is 6.92 Å². The second kappa shape index (κ2) is 6.02. The molecule has 1 rings (SSSR count). The normalized spacial score (nSPS) is 11.2. The molecule has 19 heavy (non-hydrogen) atoms. The molecule has 0 unspecified atom stereocenters. The van der Waals surface area contributed by atoms with Gasteiger partial charge >= 0.3 is 0 Å². The van der Waals surface area contributed by atoms with Gasteiger partial charge in [0, 0.05) is 28.6 Å². The number of nitro benzene ring substituents is 1. The van der Waals surface area contributed by atoms with Crippen LogP contribution in [-0.2, 0) is 0 Å². The van der Waals surface area contributed by atoms with E-state index in [4.69, 9.17) is 11.6 Å². The number of hydrogen-bond acceptors (Lipinski definition) is 3. The summed E-state index contributed by atoms with van der Waals surface area (Å²) >= 11 is 5.67. The number of carbonyl (C=O) groups is 1. The fourth-order valence-corrected chi connectivity index (χ4v) is 2.15. The van der Waals surface area contributed by atoms with Crippen LogP contribution in [0, 0.1) is 17.0 Å². The van der Waals surface area contributed by atoms with Crippen molar-refractivity contribution in [1.82, 2.24) is 5.32 Å². The van der Waals surface area contributed by atoms with E-state index < -0.39 is 10.5 Å². The number of halogens is 1. The molecular weight excluding hydrogens is 268 g/mol. The van der Waals surface area contributed by atoms with Gasteiger partial charge in [0.05, 0.1) is 4.92 Å². The predicted octanol–water partition coefficient (Wildman–Crippen LogP) is 3.04. The minimum Gasteiger partial charge on any atom is -0.347 e. The molecule has 0 atom stereocenters. The van der Waals surface area contributed by atoms with Crippen LogP contribution in [0.5, 0.6) is 0 Å². The van der Waals surface area contributed by atoms with Gasteiger partial charge in [-0.3, -0.25) is 14.9 Å². The first-order chi connectivity index (χ1) is 8.76. The maximum atomic E-state index is 12.0. The second-order valence-electron chi connectivity index (χ2n) is 5.04. The first kappa shape index (κ1) is 15.4. The molecule has 0 aromatic heterocycles. The highest BCUT2D eigenvalue weighted by Gasteiger charge is 2.21. The molecule has 1 amide bonds. The van der Waals surface area contributed by atoms with Crippen molar-refractivity contribution in [2.45, 2.75) is 32.7 Å². The van der Waals surface area contributed by atoms with Crippen LogP contribution < -0.4 is 5.32 Å². The van der Waals surface area contributed by atoms with Crippen molar-refractivity contribution in [3.8, 4) is 0 Å². The SMILES string of the molecule is Cc1cc(C(=O)NC(C)(C)CCCl)ccc1[N+](=O)[O-]. The van der Waals surface area contributed by atoms with Crippen LogP contribution in [0.2, 0.25) is 0 Å². The van der Waals surface area contributed by atoms with Crippen molar-refractivity contribution in [3.05, 3.63) is 39.4 Å². The van der Waals surface area contributed by atoms with E-state index in [0.29, 0.717) is 23.4 Å². The van der Waals surface area contributed by atoms with Crippen molar-refractivity contribution in [3.63, 3.8) is 0 Å². The van der Waals surface area contributed by atoms with Crippen molar-refractivity contribution >= 4 is 23.2 Å². The molecule has 104 valence electrons. The zero-order valence-corrected chi connectivity index (χ0v) is 12.0. The third kappa shape index (κ3) is 4.21. The van der Waals surface area contributed by atoms with Crippen LogP contribution in [0.4, 0.5) is 5.69 Å². The first-order valence-corrected chi connectivity index (χ1v) is 6.44. The summed E-state index contributed by atoms with van der Waals surface area (Å²) in [5.74, 6) is 0.195. The molecule has 0 aliphatic heterocycles. The molecule has 5 nitrogen and oxygen atoms in total. The zero-order chi connectivity index (χ0) is 14.6. The van der Waals surface area contributed by atoms with Crippen LogP contribution in [0.1, 0.15) is 36.2 Å². The topological polar surface area (TPSA) is 72.2 Å². The van der Waals surface area contributed by atoms with Crippen molar-refractivity contribution < 1.29 is 9.72 Å². The highest BCUT2D eigenvalue weighted by atomic mass is 35.5. The molecule has 0 heterocycles. The molecule has 0 radical (unpaired) electrons. The van der Waals surface area contributed by atoms with Crippen LogP contribution in [0.15, 0.2) is 18.2 Å². The standard InChI is InChI=1S/C13H17ClN2O3/c1-9-8-10(4-5-11(9)16(18)19)12(17)15-13(2,3)6-7-14/h4-5,8H,6-7H2,1-3H3,(H,15,17). The highest BCUT2D eigenvalue weighted by Crippen LogP contribution is 2.19. The van der Waals surface area contributed by atoms with Gasteiger partial charge in [-0.1, -0.05) is 0 Å². The third-order valence-electron chi connectivity index (χ3n) is 2.83. The molecule has 0 aliphatic rings. The van der Waals surface area contributed by atoms with Crippen LogP contribution >= 0.6 is 11.6 Å². The summed E-state index contributed by atoms with van der Waals surface area (Å²) in [4.78, 5) is 22.3. The van der Waals surface area contributed by atoms with Gasteiger partial charge in [0.1, 0.15) is 0 Å². The molecule has 0 saturated carbocycles. The van der Waals surface area contributed by atoms with Gasteiger partial charge in [0.2, 0.25) is 0 Å². The number of alkyl halides is 1. The Kier molecular flexibility index (Phi) is 4.89. The van der Waals surface area contributed by atoms with E-state index in [1.165, 1.54) is 18.2 Å². The zero-order valence-electron chi connectivity index (χ0n) is 11.2. The lowest BCUT2D eigenvalue weighted by atomic mass is 10.0. The number of hydrogen-bond donors (Lipinski definition) is 1. The number of nitrogens with one attached hydrogen (secondary N) is 1. The van der Waals surface area contributed by atoms with Gasteiger partial charge < -0.3 is 5.32 Å². The summed E-state index contributed by atoms with van der Waals surface area (Å²) in [5.41, 5.74) is 0.476. The molecule has 0 bridgehead atoms. The van der Waals surface area contributed by atoms with Crippen LogP contribution in [0.3, 0.4) is 0 Å². The van der Waals surface area contributed by atoms with E-state index in [-0.39, 0.29) is 11.6 Å². The summed E-state index contributed by atoms with van der Waals surface area (Å²) < 4.78 is 0. The number of nitro groups is 1. The highest BCUT2D eigenvalue weighted by molar-refractivity contribution is 6.17. The Morgan fingerprint density at radius 3 is 2.58 bits per heavy atom. The maximum Gasteiger partial charge on any atom is 0.272 e. The minimum atomic E-state index is -0.464. The molecule has 0 spiro atoms. The van der Waals surface area contributed by atoms with E-state index >= 15 is 0 Å².